The molecule has 0 unspecified atom stereocenters. The minimum atomic E-state index is -0.647. The Bertz CT molecular complexity index is 374. The van der Waals surface area contributed by atoms with Gasteiger partial charge in [0.05, 0.1) is 23.4 Å². The van der Waals surface area contributed by atoms with E-state index in [0.717, 1.165) is 6.07 Å². The lowest BCUT2D eigenvalue weighted by Crippen LogP contribution is -2.11. The van der Waals surface area contributed by atoms with Gasteiger partial charge in [0.25, 0.3) is 0 Å². The smallest absolute Gasteiger partial charge is 0.339 e. The third-order valence-corrected chi connectivity index (χ3v) is 1.93. The fourth-order valence-corrected chi connectivity index (χ4v) is 1.15. The Morgan fingerprint density at radius 1 is 1.60 bits per heavy atom. The highest BCUT2D eigenvalue weighted by Gasteiger charge is 2.14. The van der Waals surface area contributed by atoms with E-state index < -0.39 is 11.8 Å². The molecule has 7 heteroatoms. The van der Waals surface area contributed by atoms with Crippen LogP contribution in [0.4, 0.5) is 10.1 Å². The lowest BCUT2D eigenvalue weighted by Gasteiger charge is -2.06. The molecule has 1 aromatic rings. The number of hydrazine groups is 1. The van der Waals surface area contributed by atoms with E-state index in [1.54, 1.807) is 0 Å². The molecule has 0 amide bonds. The van der Waals surface area contributed by atoms with Crippen molar-refractivity contribution in [2.45, 2.75) is 0 Å². The van der Waals surface area contributed by atoms with Crippen molar-refractivity contribution in [1.82, 2.24) is 0 Å². The molecule has 1 rings (SSSR count). The summed E-state index contributed by atoms with van der Waals surface area (Å²) in [5.74, 6) is 3.75. The first-order chi connectivity index (χ1) is 6.60. The summed E-state index contributed by atoms with van der Waals surface area (Å²) in [6.07, 6.45) is 0. The predicted octanol–water partition coefficient (Wildman–Crippen LogP) is 1.97. The third-order valence-electron chi connectivity index (χ3n) is 1.62. The number of halogens is 3. The molecule has 1 aromatic carbocycles. The molecule has 4 nitrogen and oxygen atoms in total. The summed E-state index contributed by atoms with van der Waals surface area (Å²) >= 11 is 5.62. The third kappa shape index (κ3) is 2.95. The molecule has 3 N–H and O–H groups in total. The number of carbonyl (C=O) groups is 1. The van der Waals surface area contributed by atoms with Crippen molar-refractivity contribution in [2.24, 2.45) is 5.84 Å². The van der Waals surface area contributed by atoms with Gasteiger partial charge in [-0.15, -0.1) is 12.4 Å². The van der Waals surface area contributed by atoms with Gasteiger partial charge in [-0.2, -0.15) is 0 Å². The normalized spacial score (nSPS) is 9.07. The number of nitrogens with two attached hydrogens (primary N) is 1. The van der Waals surface area contributed by atoms with Crippen LogP contribution in [0.3, 0.4) is 0 Å². The number of rotatable bonds is 2. The number of hydrogen-bond donors (Lipinski definition) is 2. The van der Waals surface area contributed by atoms with Gasteiger partial charge in [0.1, 0.15) is 5.82 Å². The average molecular weight is 255 g/mol. The molecule has 0 radical (unpaired) electrons. The minimum absolute atomic E-state index is 0. The number of esters is 1. The number of ether oxygens (including phenoxy) is 1. The molecule has 0 aliphatic carbocycles. The molecule has 0 saturated carbocycles. The van der Waals surface area contributed by atoms with Crippen LogP contribution in [0, 0.1) is 5.82 Å². The molecule has 0 fully saturated rings. The molecular formula is C8H9Cl2FN2O2. The summed E-state index contributed by atoms with van der Waals surface area (Å²) in [7, 11) is 1.21. The van der Waals surface area contributed by atoms with Crippen LogP contribution in [-0.4, -0.2) is 13.1 Å². The van der Waals surface area contributed by atoms with Crippen molar-refractivity contribution >= 4 is 35.7 Å². The molecule has 0 spiro atoms. The first kappa shape index (κ1) is 14.0. The molecule has 0 aliphatic heterocycles. The van der Waals surface area contributed by atoms with Crippen LogP contribution in [0.1, 0.15) is 10.4 Å². The Hall–Kier alpha value is -1.04. The van der Waals surface area contributed by atoms with Gasteiger partial charge in [-0.1, -0.05) is 11.6 Å². The summed E-state index contributed by atoms with van der Waals surface area (Å²) in [5, 5.41) is -0.0200. The zero-order valence-corrected chi connectivity index (χ0v) is 9.29. The van der Waals surface area contributed by atoms with Crippen LogP contribution in [0.25, 0.3) is 0 Å². The Balaban J connectivity index is 0.00000196. The summed E-state index contributed by atoms with van der Waals surface area (Å²) in [4.78, 5) is 11.1. The summed E-state index contributed by atoms with van der Waals surface area (Å²) < 4.78 is 17.5. The molecular weight excluding hydrogens is 246 g/mol. The monoisotopic (exact) mass is 254 g/mol. The minimum Gasteiger partial charge on any atom is -0.465 e. The first-order valence-corrected chi connectivity index (χ1v) is 4.02. The number of methoxy groups -OCH3 is 1. The van der Waals surface area contributed by atoms with Gasteiger partial charge in [0.15, 0.2) is 0 Å². The first-order valence-electron chi connectivity index (χ1n) is 3.64. The molecule has 0 atom stereocenters. The van der Waals surface area contributed by atoms with Gasteiger partial charge in [0, 0.05) is 0 Å². The van der Waals surface area contributed by atoms with Crippen LogP contribution < -0.4 is 11.3 Å². The summed E-state index contributed by atoms with van der Waals surface area (Å²) in [6.45, 7) is 0. The maximum absolute atomic E-state index is 13.0. The van der Waals surface area contributed by atoms with Gasteiger partial charge < -0.3 is 10.2 Å². The van der Waals surface area contributed by atoms with Crippen LogP contribution in [0.5, 0.6) is 0 Å². The number of anilines is 1. The second-order valence-electron chi connectivity index (χ2n) is 2.45. The van der Waals surface area contributed by atoms with Crippen LogP contribution in [-0.2, 0) is 4.74 Å². The van der Waals surface area contributed by atoms with E-state index in [9.17, 15) is 9.18 Å². The van der Waals surface area contributed by atoms with Gasteiger partial charge >= 0.3 is 5.97 Å². The number of nitrogens with one attached hydrogen (secondary N) is 1. The maximum Gasteiger partial charge on any atom is 0.339 e. The van der Waals surface area contributed by atoms with Crippen molar-refractivity contribution in [3.63, 3.8) is 0 Å². The van der Waals surface area contributed by atoms with Crippen LogP contribution in [0.15, 0.2) is 12.1 Å². The van der Waals surface area contributed by atoms with E-state index in [4.69, 9.17) is 17.4 Å². The van der Waals surface area contributed by atoms with Gasteiger partial charge in [-0.05, 0) is 12.1 Å². The number of hydrogen-bond acceptors (Lipinski definition) is 4. The van der Waals surface area contributed by atoms with Crippen molar-refractivity contribution in [3.8, 4) is 0 Å². The van der Waals surface area contributed by atoms with E-state index in [2.05, 4.69) is 10.2 Å². The van der Waals surface area contributed by atoms with Crippen molar-refractivity contribution in [3.05, 3.63) is 28.5 Å². The summed E-state index contributed by atoms with van der Waals surface area (Å²) in [6, 6.07) is 2.17. The lowest BCUT2D eigenvalue weighted by molar-refractivity contribution is 0.0601. The van der Waals surface area contributed by atoms with E-state index in [1.165, 1.54) is 13.2 Å². The van der Waals surface area contributed by atoms with Crippen LogP contribution in [0.2, 0.25) is 5.02 Å². The van der Waals surface area contributed by atoms with E-state index in [0.29, 0.717) is 0 Å². The Labute approximate surface area is 96.9 Å². The molecule has 84 valence electrons. The Kier molecular flexibility index (Phi) is 5.35. The van der Waals surface area contributed by atoms with E-state index in [-0.39, 0.29) is 28.7 Å². The zero-order chi connectivity index (χ0) is 10.7. The molecule has 0 aliphatic rings. The van der Waals surface area contributed by atoms with Crippen molar-refractivity contribution in [2.75, 3.05) is 12.5 Å². The second kappa shape index (κ2) is 5.75. The van der Waals surface area contributed by atoms with Gasteiger partial charge in [-0.25, -0.2) is 9.18 Å². The van der Waals surface area contributed by atoms with Gasteiger partial charge in [-0.3, -0.25) is 5.84 Å². The number of nitrogen functional groups attached to an aromatic ring is 1. The molecule has 0 saturated heterocycles. The number of carbonyl (C=O) groups excluding carboxylic acids is 1. The lowest BCUT2D eigenvalue weighted by atomic mass is 10.2. The molecule has 0 aromatic heterocycles. The van der Waals surface area contributed by atoms with E-state index >= 15 is 0 Å². The standard InChI is InChI=1S/C8H8ClFN2O2.ClH/c1-14-8(13)4-2-7(12-11)6(10)3-5(4)9;/h2-3,12H,11H2,1H3;1H. The fourth-order valence-electron chi connectivity index (χ4n) is 0.926. The quantitative estimate of drug-likeness (QED) is 0.481. The van der Waals surface area contributed by atoms with Gasteiger partial charge in [0.2, 0.25) is 0 Å². The number of benzene rings is 1. The van der Waals surface area contributed by atoms with E-state index in [1.807, 2.05) is 0 Å². The molecule has 0 heterocycles. The zero-order valence-electron chi connectivity index (χ0n) is 7.71. The highest BCUT2D eigenvalue weighted by Crippen LogP contribution is 2.24. The molecule has 15 heavy (non-hydrogen) atoms. The Morgan fingerprint density at radius 3 is 2.67 bits per heavy atom. The summed E-state index contributed by atoms with van der Waals surface area (Å²) in [5.41, 5.74) is 2.14. The predicted molar refractivity (Wildman–Crippen MR) is 57.8 cm³/mol. The fraction of sp³-hybridized carbons (Fsp3) is 0.125. The average Bonchev–Trinajstić information content (AvgIpc) is 2.17. The SMILES string of the molecule is COC(=O)c1cc(NN)c(F)cc1Cl.Cl. The highest BCUT2D eigenvalue weighted by molar-refractivity contribution is 6.33. The highest BCUT2D eigenvalue weighted by atomic mass is 35.5. The molecule has 0 bridgehead atoms. The Morgan fingerprint density at radius 2 is 2.20 bits per heavy atom. The maximum atomic E-state index is 13.0. The topological polar surface area (TPSA) is 64.3 Å². The second-order valence-corrected chi connectivity index (χ2v) is 2.86. The largest absolute Gasteiger partial charge is 0.465 e. The van der Waals surface area contributed by atoms with Crippen LogP contribution >= 0.6 is 24.0 Å². The van der Waals surface area contributed by atoms with Crippen molar-refractivity contribution < 1.29 is 13.9 Å². The van der Waals surface area contributed by atoms with Crippen molar-refractivity contribution in [1.29, 1.82) is 0 Å².